The van der Waals surface area contributed by atoms with Crippen molar-refractivity contribution in [3.63, 3.8) is 0 Å². The van der Waals surface area contributed by atoms with Crippen LogP contribution >= 0.6 is 12.4 Å². The summed E-state index contributed by atoms with van der Waals surface area (Å²) in [5.74, 6) is -0.922. The van der Waals surface area contributed by atoms with Gasteiger partial charge in [0.05, 0.1) is 0 Å². The van der Waals surface area contributed by atoms with Gasteiger partial charge in [0.25, 0.3) is 0 Å². The van der Waals surface area contributed by atoms with E-state index in [-0.39, 0.29) is 17.9 Å². The molecule has 3 N–H and O–H groups in total. The van der Waals surface area contributed by atoms with E-state index in [4.69, 9.17) is 5.11 Å². The summed E-state index contributed by atoms with van der Waals surface area (Å²) in [6.07, 6.45) is 2.68. The van der Waals surface area contributed by atoms with E-state index in [0.29, 0.717) is 0 Å². The number of benzene rings is 1. The molecule has 0 saturated carbocycles. The molecule has 0 radical (unpaired) electrons. The van der Waals surface area contributed by atoms with E-state index in [1.807, 2.05) is 30.3 Å². The van der Waals surface area contributed by atoms with Gasteiger partial charge < -0.3 is 10.6 Å². The van der Waals surface area contributed by atoms with Crippen molar-refractivity contribution in [2.45, 2.75) is 0 Å². The SMILES string of the molecule is Cl.O.O=C(O)C=Cc1ccccc1. The molecule has 0 amide bonds. The van der Waals surface area contributed by atoms with Gasteiger partial charge in [-0.25, -0.2) is 4.79 Å². The lowest BCUT2D eigenvalue weighted by Gasteiger charge is -1.87. The number of hydrogen-bond donors (Lipinski definition) is 1. The van der Waals surface area contributed by atoms with Gasteiger partial charge in [-0.2, -0.15) is 0 Å². The molecular weight excluding hydrogens is 192 g/mol. The quantitative estimate of drug-likeness (QED) is 0.737. The Balaban J connectivity index is 0. The predicted molar refractivity (Wildman–Crippen MR) is 54.0 cm³/mol. The van der Waals surface area contributed by atoms with E-state index in [1.165, 1.54) is 0 Å². The first-order chi connectivity index (χ1) is 5.29. The van der Waals surface area contributed by atoms with Crippen LogP contribution < -0.4 is 0 Å². The molecule has 0 saturated heterocycles. The highest BCUT2D eigenvalue weighted by Gasteiger charge is 1.85. The Kier molecular flexibility index (Phi) is 8.02. The van der Waals surface area contributed by atoms with E-state index in [9.17, 15) is 4.79 Å². The van der Waals surface area contributed by atoms with Crippen LogP contribution in [0.1, 0.15) is 5.56 Å². The summed E-state index contributed by atoms with van der Waals surface area (Å²) in [5, 5.41) is 8.29. The first-order valence-electron chi connectivity index (χ1n) is 3.25. The van der Waals surface area contributed by atoms with Gasteiger partial charge in [0.15, 0.2) is 0 Å². The van der Waals surface area contributed by atoms with Crippen LogP contribution in [0.2, 0.25) is 0 Å². The molecule has 3 nitrogen and oxygen atoms in total. The van der Waals surface area contributed by atoms with Crippen molar-refractivity contribution in [2.24, 2.45) is 0 Å². The van der Waals surface area contributed by atoms with Crippen molar-refractivity contribution >= 4 is 24.5 Å². The molecule has 0 spiro atoms. The number of aliphatic carboxylic acids is 1. The maximum absolute atomic E-state index is 10.1. The second-order valence-corrected chi connectivity index (χ2v) is 2.08. The average molecular weight is 203 g/mol. The van der Waals surface area contributed by atoms with Gasteiger partial charge in [-0.3, -0.25) is 0 Å². The van der Waals surface area contributed by atoms with Gasteiger partial charge >= 0.3 is 5.97 Å². The van der Waals surface area contributed by atoms with Gasteiger partial charge in [-0.05, 0) is 11.6 Å². The Labute approximate surface area is 82.4 Å². The Morgan fingerprint density at radius 2 is 1.77 bits per heavy atom. The topological polar surface area (TPSA) is 68.8 Å². The lowest BCUT2D eigenvalue weighted by atomic mass is 10.2. The zero-order valence-corrected chi connectivity index (χ0v) is 7.62. The largest absolute Gasteiger partial charge is 0.478 e. The van der Waals surface area contributed by atoms with Gasteiger partial charge in [0.2, 0.25) is 0 Å². The highest BCUT2D eigenvalue weighted by Crippen LogP contribution is 1.99. The lowest BCUT2D eigenvalue weighted by Crippen LogP contribution is -1.85. The summed E-state index contributed by atoms with van der Waals surface area (Å²) in [6, 6.07) is 9.31. The monoisotopic (exact) mass is 202 g/mol. The van der Waals surface area contributed by atoms with Crippen molar-refractivity contribution < 1.29 is 15.4 Å². The molecule has 0 unspecified atom stereocenters. The molecule has 0 atom stereocenters. The fraction of sp³-hybridized carbons (Fsp3) is 0. The smallest absolute Gasteiger partial charge is 0.328 e. The predicted octanol–water partition coefficient (Wildman–Crippen LogP) is 1.38. The van der Waals surface area contributed by atoms with Crippen LogP contribution in [0.5, 0.6) is 0 Å². The first-order valence-corrected chi connectivity index (χ1v) is 3.25. The maximum Gasteiger partial charge on any atom is 0.328 e. The van der Waals surface area contributed by atoms with Crippen LogP contribution in [0.3, 0.4) is 0 Å². The van der Waals surface area contributed by atoms with Crippen LogP contribution in [0.15, 0.2) is 36.4 Å². The van der Waals surface area contributed by atoms with Crippen LogP contribution in [0, 0.1) is 0 Å². The van der Waals surface area contributed by atoms with Gasteiger partial charge in [0.1, 0.15) is 0 Å². The highest BCUT2D eigenvalue weighted by molar-refractivity contribution is 5.85. The molecule has 0 heterocycles. The molecule has 0 bridgehead atoms. The molecule has 13 heavy (non-hydrogen) atoms. The van der Waals surface area contributed by atoms with Crippen molar-refractivity contribution in [1.29, 1.82) is 0 Å². The summed E-state index contributed by atoms with van der Waals surface area (Å²) in [5.41, 5.74) is 0.898. The van der Waals surface area contributed by atoms with Gasteiger partial charge in [-0.1, -0.05) is 30.3 Å². The Morgan fingerprint density at radius 3 is 2.23 bits per heavy atom. The minimum atomic E-state index is -0.922. The minimum absolute atomic E-state index is 0. The minimum Gasteiger partial charge on any atom is -0.478 e. The molecule has 0 aliphatic rings. The summed E-state index contributed by atoms with van der Waals surface area (Å²) in [7, 11) is 0. The fourth-order valence-electron chi connectivity index (χ4n) is 0.732. The number of carboxylic acid groups (broad SMARTS) is 1. The van der Waals surface area contributed by atoms with Crippen molar-refractivity contribution in [2.75, 3.05) is 0 Å². The molecule has 0 aliphatic carbocycles. The Bertz CT molecular complexity index is 269. The van der Waals surface area contributed by atoms with Crippen molar-refractivity contribution in [3.05, 3.63) is 42.0 Å². The third-order valence-corrected chi connectivity index (χ3v) is 1.22. The van der Waals surface area contributed by atoms with E-state index in [2.05, 4.69) is 0 Å². The highest BCUT2D eigenvalue weighted by atomic mass is 35.5. The molecule has 0 fully saturated rings. The summed E-state index contributed by atoms with van der Waals surface area (Å²) in [4.78, 5) is 10.1. The Morgan fingerprint density at radius 1 is 1.23 bits per heavy atom. The number of halogens is 1. The maximum atomic E-state index is 10.1. The van der Waals surface area contributed by atoms with Crippen molar-refractivity contribution in [3.8, 4) is 0 Å². The van der Waals surface area contributed by atoms with Crippen LogP contribution in [0.4, 0.5) is 0 Å². The summed E-state index contributed by atoms with van der Waals surface area (Å²) in [6.45, 7) is 0. The summed E-state index contributed by atoms with van der Waals surface area (Å²) >= 11 is 0. The number of rotatable bonds is 2. The van der Waals surface area contributed by atoms with E-state index in [0.717, 1.165) is 11.6 Å². The zero-order chi connectivity index (χ0) is 8.10. The number of hydrogen-bond acceptors (Lipinski definition) is 1. The normalized spacial score (nSPS) is 8.62. The number of carbonyl (C=O) groups is 1. The van der Waals surface area contributed by atoms with E-state index in [1.54, 1.807) is 6.08 Å². The van der Waals surface area contributed by atoms with Crippen LogP contribution in [-0.2, 0) is 4.79 Å². The average Bonchev–Trinajstić information content (AvgIpc) is 2.03. The molecule has 4 heteroatoms. The third kappa shape index (κ3) is 5.90. The number of carboxylic acids is 1. The van der Waals surface area contributed by atoms with Gasteiger partial charge in [-0.15, -0.1) is 12.4 Å². The van der Waals surface area contributed by atoms with E-state index >= 15 is 0 Å². The van der Waals surface area contributed by atoms with Crippen molar-refractivity contribution in [1.82, 2.24) is 0 Å². The zero-order valence-electron chi connectivity index (χ0n) is 6.81. The third-order valence-electron chi connectivity index (χ3n) is 1.22. The summed E-state index contributed by atoms with van der Waals surface area (Å²) < 4.78 is 0. The van der Waals surface area contributed by atoms with E-state index < -0.39 is 5.97 Å². The molecule has 1 aromatic rings. The standard InChI is InChI=1S/C9H8O2.ClH.H2O/c10-9(11)7-6-8-4-2-1-3-5-8;;/h1-7H,(H,10,11);1H;1H2. The van der Waals surface area contributed by atoms with Gasteiger partial charge in [0, 0.05) is 6.08 Å². The molecule has 72 valence electrons. The fourth-order valence-corrected chi connectivity index (χ4v) is 0.732. The van der Waals surface area contributed by atoms with Crippen LogP contribution in [0.25, 0.3) is 6.08 Å². The van der Waals surface area contributed by atoms with Crippen LogP contribution in [-0.4, -0.2) is 16.6 Å². The second kappa shape index (κ2) is 7.34. The molecule has 0 aliphatic heterocycles. The molecule has 1 aromatic carbocycles. The second-order valence-electron chi connectivity index (χ2n) is 2.08. The molecule has 0 aromatic heterocycles. The lowest BCUT2D eigenvalue weighted by molar-refractivity contribution is -0.131. The molecular formula is C9H11ClO3. The Hall–Kier alpha value is -1.32. The molecule has 1 rings (SSSR count). The first kappa shape index (κ1) is 14.2.